The molecule has 0 atom stereocenters. The number of H-pyrrole nitrogens is 1. The van der Waals surface area contributed by atoms with E-state index in [0.717, 1.165) is 10.4 Å². The molecule has 3 heterocycles. The Balaban J connectivity index is 1.76. The SMILES string of the molecule is Cn1nc(N2CCN(c3cc(=O)n(C)c(=O)[nH]3)CC2)ccc1=O. The monoisotopic (exact) mass is 318 g/mol. The van der Waals surface area contributed by atoms with Gasteiger partial charge in [-0.1, -0.05) is 0 Å². The number of rotatable bonds is 2. The van der Waals surface area contributed by atoms with Gasteiger partial charge in [-0.25, -0.2) is 9.48 Å². The fourth-order valence-electron chi connectivity index (χ4n) is 2.55. The molecular formula is C14H18N6O3. The highest BCUT2D eigenvalue weighted by atomic mass is 16.2. The molecule has 0 spiro atoms. The van der Waals surface area contributed by atoms with Crippen molar-refractivity contribution >= 4 is 11.6 Å². The van der Waals surface area contributed by atoms with E-state index in [9.17, 15) is 14.4 Å². The van der Waals surface area contributed by atoms with E-state index in [2.05, 4.69) is 15.0 Å². The Kier molecular flexibility index (Phi) is 3.77. The highest BCUT2D eigenvalue weighted by Gasteiger charge is 2.20. The Morgan fingerprint density at radius 2 is 1.61 bits per heavy atom. The molecule has 122 valence electrons. The Morgan fingerprint density at radius 1 is 0.957 bits per heavy atom. The summed E-state index contributed by atoms with van der Waals surface area (Å²) in [7, 11) is 3.06. The van der Waals surface area contributed by atoms with Crippen LogP contribution in [0, 0.1) is 0 Å². The fourth-order valence-corrected chi connectivity index (χ4v) is 2.55. The van der Waals surface area contributed by atoms with Gasteiger partial charge in [0.25, 0.3) is 11.1 Å². The number of nitrogens with zero attached hydrogens (tertiary/aromatic N) is 5. The molecular weight excluding hydrogens is 300 g/mol. The summed E-state index contributed by atoms with van der Waals surface area (Å²) in [6, 6.07) is 4.63. The molecule has 0 aromatic carbocycles. The summed E-state index contributed by atoms with van der Waals surface area (Å²) in [6.45, 7) is 2.66. The van der Waals surface area contributed by atoms with E-state index < -0.39 is 5.69 Å². The molecule has 2 aromatic heterocycles. The highest BCUT2D eigenvalue weighted by Crippen LogP contribution is 2.14. The molecule has 0 bridgehead atoms. The Bertz CT molecular complexity index is 857. The van der Waals surface area contributed by atoms with Crippen LogP contribution in [0.5, 0.6) is 0 Å². The van der Waals surface area contributed by atoms with Gasteiger partial charge in [0.1, 0.15) is 11.6 Å². The van der Waals surface area contributed by atoms with Crippen LogP contribution in [0.3, 0.4) is 0 Å². The first kappa shape index (κ1) is 15.1. The van der Waals surface area contributed by atoms with Crippen molar-refractivity contribution in [2.45, 2.75) is 0 Å². The first-order valence-corrected chi connectivity index (χ1v) is 7.30. The van der Waals surface area contributed by atoms with Crippen molar-refractivity contribution in [3.05, 3.63) is 49.4 Å². The van der Waals surface area contributed by atoms with Gasteiger partial charge in [0, 0.05) is 52.4 Å². The maximum Gasteiger partial charge on any atom is 0.329 e. The largest absolute Gasteiger partial charge is 0.354 e. The normalized spacial score (nSPS) is 15.0. The van der Waals surface area contributed by atoms with Crippen LogP contribution in [-0.2, 0) is 14.1 Å². The van der Waals surface area contributed by atoms with Gasteiger partial charge in [-0.05, 0) is 6.07 Å². The van der Waals surface area contributed by atoms with Crippen molar-refractivity contribution in [2.75, 3.05) is 36.0 Å². The third-order valence-electron chi connectivity index (χ3n) is 4.02. The molecule has 9 nitrogen and oxygen atoms in total. The Morgan fingerprint density at radius 3 is 2.22 bits per heavy atom. The standard InChI is InChI=1S/C14H18N6O3/c1-17-13(22)9-11(15-14(17)23)20-7-5-19(6-8-20)10-3-4-12(21)18(2)16-10/h3-4,9H,5-8H2,1-2H3,(H,15,23). The lowest BCUT2D eigenvalue weighted by atomic mass is 10.3. The van der Waals surface area contributed by atoms with Crippen LogP contribution in [-0.4, -0.2) is 45.5 Å². The van der Waals surface area contributed by atoms with Crippen molar-refractivity contribution < 1.29 is 0 Å². The number of aryl methyl sites for hydroxylation is 1. The van der Waals surface area contributed by atoms with E-state index in [0.29, 0.717) is 32.0 Å². The number of anilines is 2. The van der Waals surface area contributed by atoms with E-state index in [4.69, 9.17) is 0 Å². The predicted octanol–water partition coefficient (Wildman–Crippen LogP) is -1.51. The lowest BCUT2D eigenvalue weighted by molar-refractivity contribution is 0.615. The van der Waals surface area contributed by atoms with E-state index in [1.165, 1.54) is 23.9 Å². The molecule has 1 aliphatic heterocycles. The minimum atomic E-state index is -0.422. The van der Waals surface area contributed by atoms with Crippen molar-refractivity contribution in [1.82, 2.24) is 19.3 Å². The lowest BCUT2D eigenvalue weighted by Crippen LogP contribution is -2.48. The van der Waals surface area contributed by atoms with Crippen molar-refractivity contribution in [2.24, 2.45) is 14.1 Å². The molecule has 0 amide bonds. The third kappa shape index (κ3) is 2.89. The molecule has 1 N–H and O–H groups in total. The maximum atomic E-state index is 11.7. The zero-order valence-electron chi connectivity index (χ0n) is 13.0. The number of nitrogens with one attached hydrogen (secondary N) is 1. The van der Waals surface area contributed by atoms with Gasteiger partial charge >= 0.3 is 5.69 Å². The quantitative estimate of drug-likeness (QED) is 0.723. The zero-order valence-corrected chi connectivity index (χ0v) is 13.0. The second-order valence-electron chi connectivity index (χ2n) is 5.48. The van der Waals surface area contributed by atoms with E-state index in [1.54, 1.807) is 13.1 Å². The number of piperazine rings is 1. The van der Waals surface area contributed by atoms with Crippen LogP contribution >= 0.6 is 0 Å². The number of hydrogen-bond donors (Lipinski definition) is 1. The van der Waals surface area contributed by atoms with Crippen LogP contribution in [0.1, 0.15) is 0 Å². The van der Waals surface area contributed by atoms with Crippen LogP contribution in [0.4, 0.5) is 11.6 Å². The summed E-state index contributed by atoms with van der Waals surface area (Å²) >= 11 is 0. The summed E-state index contributed by atoms with van der Waals surface area (Å²) in [5, 5.41) is 4.23. The molecule has 0 saturated carbocycles. The smallest absolute Gasteiger partial charge is 0.329 e. The van der Waals surface area contributed by atoms with Crippen molar-refractivity contribution in [3.8, 4) is 0 Å². The summed E-state index contributed by atoms with van der Waals surface area (Å²) in [4.78, 5) is 41.5. The van der Waals surface area contributed by atoms with E-state index >= 15 is 0 Å². The fraction of sp³-hybridized carbons (Fsp3) is 0.429. The van der Waals surface area contributed by atoms with Gasteiger partial charge in [-0.15, -0.1) is 0 Å². The first-order valence-electron chi connectivity index (χ1n) is 7.30. The van der Waals surface area contributed by atoms with Gasteiger partial charge in [-0.2, -0.15) is 5.10 Å². The van der Waals surface area contributed by atoms with Gasteiger partial charge in [0.15, 0.2) is 0 Å². The number of aromatic amines is 1. The summed E-state index contributed by atoms with van der Waals surface area (Å²) in [6.07, 6.45) is 0. The summed E-state index contributed by atoms with van der Waals surface area (Å²) in [5.74, 6) is 1.27. The molecule has 1 aliphatic rings. The Labute approximate surface area is 131 Å². The topological polar surface area (TPSA) is 96.2 Å². The second kappa shape index (κ2) is 5.75. The van der Waals surface area contributed by atoms with Crippen molar-refractivity contribution in [3.63, 3.8) is 0 Å². The first-order chi connectivity index (χ1) is 11.0. The Hall–Kier alpha value is -2.84. The van der Waals surface area contributed by atoms with Gasteiger partial charge < -0.3 is 9.80 Å². The van der Waals surface area contributed by atoms with Crippen LogP contribution in [0.2, 0.25) is 0 Å². The molecule has 1 fully saturated rings. The molecule has 0 unspecified atom stereocenters. The molecule has 23 heavy (non-hydrogen) atoms. The maximum absolute atomic E-state index is 11.7. The van der Waals surface area contributed by atoms with Crippen LogP contribution < -0.4 is 26.6 Å². The summed E-state index contributed by atoms with van der Waals surface area (Å²) < 4.78 is 2.34. The number of hydrogen-bond acceptors (Lipinski definition) is 6. The number of aromatic nitrogens is 4. The second-order valence-corrected chi connectivity index (χ2v) is 5.48. The average Bonchev–Trinajstić information content (AvgIpc) is 2.55. The molecule has 1 saturated heterocycles. The highest BCUT2D eigenvalue weighted by molar-refractivity contribution is 5.43. The van der Waals surface area contributed by atoms with Gasteiger partial charge in [0.05, 0.1) is 0 Å². The van der Waals surface area contributed by atoms with Gasteiger partial charge in [-0.3, -0.25) is 19.1 Å². The van der Waals surface area contributed by atoms with E-state index in [1.807, 2.05) is 4.90 Å². The average molecular weight is 318 g/mol. The minimum Gasteiger partial charge on any atom is -0.354 e. The predicted molar refractivity (Wildman–Crippen MR) is 86.2 cm³/mol. The molecule has 0 aliphatic carbocycles. The molecule has 9 heteroatoms. The lowest BCUT2D eigenvalue weighted by Gasteiger charge is -2.36. The van der Waals surface area contributed by atoms with Crippen molar-refractivity contribution in [1.29, 1.82) is 0 Å². The van der Waals surface area contributed by atoms with Gasteiger partial charge in [0.2, 0.25) is 0 Å². The zero-order chi connectivity index (χ0) is 16.6. The molecule has 0 radical (unpaired) electrons. The molecule has 2 aromatic rings. The van der Waals surface area contributed by atoms with Crippen LogP contribution in [0.15, 0.2) is 32.6 Å². The summed E-state index contributed by atoms with van der Waals surface area (Å²) in [5.41, 5.74) is -0.898. The van der Waals surface area contributed by atoms with Crippen LogP contribution in [0.25, 0.3) is 0 Å². The minimum absolute atomic E-state index is 0.148. The molecule has 3 rings (SSSR count). The third-order valence-corrected chi connectivity index (χ3v) is 4.02. The van der Waals surface area contributed by atoms with E-state index in [-0.39, 0.29) is 11.1 Å².